The average Bonchev–Trinajstić information content (AvgIpc) is 2.75. The summed E-state index contributed by atoms with van der Waals surface area (Å²) >= 11 is 0. The summed E-state index contributed by atoms with van der Waals surface area (Å²) in [6.45, 7) is 0.509. The molecule has 0 saturated heterocycles. The molecule has 5 N–H and O–H groups in total. The van der Waals surface area contributed by atoms with Crippen molar-refractivity contribution in [2.75, 3.05) is 6.54 Å². The number of amides is 1. The summed E-state index contributed by atoms with van der Waals surface area (Å²) in [4.78, 5) is 11.9. The fourth-order valence-corrected chi connectivity index (χ4v) is 2.34. The van der Waals surface area contributed by atoms with Crippen molar-refractivity contribution >= 4 is 5.91 Å². The van der Waals surface area contributed by atoms with E-state index in [0.717, 1.165) is 19.3 Å². The molecule has 2 atom stereocenters. The Morgan fingerprint density at radius 3 is 2.83 bits per heavy atom. The van der Waals surface area contributed by atoms with Gasteiger partial charge < -0.3 is 21.3 Å². The summed E-state index contributed by atoms with van der Waals surface area (Å²) in [5, 5.41) is 21.6. The van der Waals surface area contributed by atoms with Gasteiger partial charge in [0.05, 0.1) is 5.56 Å². The topological polar surface area (TPSA) is 95.6 Å². The Labute approximate surface area is 106 Å². The SMILES string of the molecule is NC1CCCC1CNC(=O)c1cc(O)ccc1O. The van der Waals surface area contributed by atoms with Gasteiger partial charge in [-0.3, -0.25) is 4.79 Å². The zero-order valence-corrected chi connectivity index (χ0v) is 10.1. The first-order valence-corrected chi connectivity index (χ1v) is 6.13. The van der Waals surface area contributed by atoms with Crippen molar-refractivity contribution in [1.82, 2.24) is 5.32 Å². The number of hydrogen-bond acceptors (Lipinski definition) is 4. The van der Waals surface area contributed by atoms with E-state index in [1.807, 2.05) is 0 Å². The van der Waals surface area contributed by atoms with Gasteiger partial charge in [0.2, 0.25) is 0 Å². The molecule has 1 amide bonds. The van der Waals surface area contributed by atoms with E-state index in [4.69, 9.17) is 5.73 Å². The maximum absolute atomic E-state index is 11.9. The van der Waals surface area contributed by atoms with Crippen molar-refractivity contribution in [1.29, 1.82) is 0 Å². The molecule has 98 valence electrons. The van der Waals surface area contributed by atoms with Gasteiger partial charge in [-0.2, -0.15) is 0 Å². The summed E-state index contributed by atoms with van der Waals surface area (Å²) < 4.78 is 0. The molecule has 0 radical (unpaired) electrons. The van der Waals surface area contributed by atoms with Crippen LogP contribution >= 0.6 is 0 Å². The van der Waals surface area contributed by atoms with Crippen molar-refractivity contribution in [2.24, 2.45) is 11.7 Å². The van der Waals surface area contributed by atoms with Gasteiger partial charge in [-0.25, -0.2) is 0 Å². The van der Waals surface area contributed by atoms with Crippen LogP contribution in [-0.2, 0) is 0 Å². The standard InChI is InChI=1S/C13H18N2O3/c14-11-3-1-2-8(11)7-15-13(18)10-6-9(16)4-5-12(10)17/h4-6,8,11,16-17H,1-3,7,14H2,(H,15,18). The zero-order valence-electron chi connectivity index (χ0n) is 10.1. The molecule has 1 aromatic rings. The molecule has 2 unspecified atom stereocenters. The highest BCUT2D eigenvalue weighted by molar-refractivity contribution is 5.97. The quantitative estimate of drug-likeness (QED) is 0.601. The molecule has 1 aliphatic rings. The van der Waals surface area contributed by atoms with Gasteiger partial charge in [0, 0.05) is 12.6 Å². The highest BCUT2D eigenvalue weighted by Crippen LogP contribution is 2.24. The Balaban J connectivity index is 1.97. The number of carbonyl (C=O) groups excluding carboxylic acids is 1. The Hall–Kier alpha value is -1.75. The molecule has 5 heteroatoms. The molecule has 5 nitrogen and oxygen atoms in total. The lowest BCUT2D eigenvalue weighted by atomic mass is 10.0. The number of carbonyl (C=O) groups is 1. The predicted molar refractivity (Wildman–Crippen MR) is 67.4 cm³/mol. The van der Waals surface area contributed by atoms with Gasteiger partial charge in [0.25, 0.3) is 5.91 Å². The summed E-state index contributed by atoms with van der Waals surface area (Å²) in [5.74, 6) is -0.271. The number of phenols is 2. The molecule has 0 aromatic heterocycles. The van der Waals surface area contributed by atoms with Crippen molar-refractivity contribution in [3.8, 4) is 11.5 Å². The van der Waals surface area contributed by atoms with Gasteiger partial charge in [0.1, 0.15) is 11.5 Å². The van der Waals surface area contributed by atoms with Crippen molar-refractivity contribution in [2.45, 2.75) is 25.3 Å². The molecule has 0 heterocycles. The first-order chi connectivity index (χ1) is 8.58. The van der Waals surface area contributed by atoms with Crippen LogP contribution in [0.2, 0.25) is 0 Å². The second kappa shape index (κ2) is 5.27. The molecule has 1 fully saturated rings. The average molecular weight is 250 g/mol. The van der Waals surface area contributed by atoms with Crippen LogP contribution in [-0.4, -0.2) is 28.7 Å². The van der Waals surface area contributed by atoms with Crippen LogP contribution in [0.15, 0.2) is 18.2 Å². The van der Waals surface area contributed by atoms with Crippen LogP contribution in [0.1, 0.15) is 29.6 Å². The number of aromatic hydroxyl groups is 2. The highest BCUT2D eigenvalue weighted by atomic mass is 16.3. The van der Waals surface area contributed by atoms with E-state index in [0.29, 0.717) is 12.5 Å². The normalized spacial score (nSPS) is 22.9. The van der Waals surface area contributed by atoms with Crippen molar-refractivity contribution in [3.05, 3.63) is 23.8 Å². The first kappa shape index (κ1) is 12.7. The van der Waals surface area contributed by atoms with Gasteiger partial charge in [-0.15, -0.1) is 0 Å². The van der Waals surface area contributed by atoms with Gasteiger partial charge >= 0.3 is 0 Å². The molecule has 1 aromatic carbocycles. The minimum atomic E-state index is -0.387. The molecule has 1 saturated carbocycles. The second-order valence-electron chi connectivity index (χ2n) is 4.77. The molecule has 1 aliphatic carbocycles. The number of benzene rings is 1. The number of phenolic OH excluding ortho intramolecular Hbond substituents is 2. The largest absolute Gasteiger partial charge is 0.508 e. The third-order valence-corrected chi connectivity index (χ3v) is 3.47. The Morgan fingerprint density at radius 2 is 2.17 bits per heavy atom. The van der Waals surface area contributed by atoms with E-state index in [-0.39, 0.29) is 29.0 Å². The summed E-state index contributed by atoms with van der Waals surface area (Å²) in [6, 6.07) is 4.02. The lowest BCUT2D eigenvalue weighted by Crippen LogP contribution is -2.36. The second-order valence-corrected chi connectivity index (χ2v) is 4.77. The van der Waals surface area contributed by atoms with Gasteiger partial charge in [0.15, 0.2) is 0 Å². The van der Waals surface area contributed by atoms with Crippen LogP contribution in [0.3, 0.4) is 0 Å². The Morgan fingerprint density at radius 1 is 1.39 bits per heavy atom. The van der Waals surface area contributed by atoms with Gasteiger partial charge in [-0.1, -0.05) is 6.42 Å². The number of rotatable bonds is 3. The van der Waals surface area contributed by atoms with E-state index in [1.165, 1.54) is 18.2 Å². The summed E-state index contributed by atoms with van der Waals surface area (Å²) in [6.07, 6.45) is 3.12. The maximum atomic E-state index is 11.9. The van der Waals surface area contributed by atoms with E-state index in [2.05, 4.69) is 5.32 Å². The smallest absolute Gasteiger partial charge is 0.255 e. The summed E-state index contributed by atoms with van der Waals surface area (Å²) in [7, 11) is 0. The lowest BCUT2D eigenvalue weighted by molar-refractivity contribution is 0.0943. The monoisotopic (exact) mass is 250 g/mol. The molecular weight excluding hydrogens is 232 g/mol. The third kappa shape index (κ3) is 2.73. The number of hydrogen-bond donors (Lipinski definition) is 4. The van der Waals surface area contributed by atoms with Crippen LogP contribution in [0, 0.1) is 5.92 Å². The van der Waals surface area contributed by atoms with Crippen LogP contribution in [0.25, 0.3) is 0 Å². The maximum Gasteiger partial charge on any atom is 0.255 e. The van der Waals surface area contributed by atoms with Gasteiger partial charge in [-0.05, 0) is 37.0 Å². The first-order valence-electron chi connectivity index (χ1n) is 6.13. The lowest BCUT2D eigenvalue weighted by Gasteiger charge is -2.16. The minimum Gasteiger partial charge on any atom is -0.508 e. The van der Waals surface area contributed by atoms with E-state index < -0.39 is 0 Å². The fraction of sp³-hybridized carbons (Fsp3) is 0.462. The number of nitrogens with two attached hydrogens (primary N) is 1. The minimum absolute atomic E-state index is 0.0458. The zero-order chi connectivity index (χ0) is 13.1. The Bertz CT molecular complexity index is 448. The predicted octanol–water partition coefficient (Wildman–Crippen LogP) is 0.955. The highest BCUT2D eigenvalue weighted by Gasteiger charge is 2.24. The molecule has 0 bridgehead atoms. The van der Waals surface area contributed by atoms with Crippen molar-refractivity contribution in [3.63, 3.8) is 0 Å². The van der Waals surface area contributed by atoms with E-state index >= 15 is 0 Å². The fourth-order valence-electron chi connectivity index (χ4n) is 2.34. The Kier molecular flexibility index (Phi) is 3.72. The van der Waals surface area contributed by atoms with Crippen LogP contribution < -0.4 is 11.1 Å². The van der Waals surface area contributed by atoms with E-state index in [1.54, 1.807) is 0 Å². The van der Waals surface area contributed by atoms with Crippen molar-refractivity contribution < 1.29 is 15.0 Å². The third-order valence-electron chi connectivity index (χ3n) is 3.47. The summed E-state index contributed by atoms with van der Waals surface area (Å²) in [5.41, 5.74) is 6.00. The molecule has 0 spiro atoms. The number of nitrogens with one attached hydrogen (secondary N) is 1. The molecule has 18 heavy (non-hydrogen) atoms. The van der Waals surface area contributed by atoms with Crippen LogP contribution in [0.5, 0.6) is 11.5 Å². The van der Waals surface area contributed by atoms with E-state index in [9.17, 15) is 15.0 Å². The molecule has 2 rings (SSSR count). The molecular formula is C13H18N2O3. The molecule has 0 aliphatic heterocycles. The van der Waals surface area contributed by atoms with Crippen LogP contribution in [0.4, 0.5) is 0 Å².